The van der Waals surface area contributed by atoms with Gasteiger partial charge in [0.05, 0.1) is 19.3 Å². The van der Waals surface area contributed by atoms with Crippen molar-refractivity contribution < 1.29 is 4.74 Å². The summed E-state index contributed by atoms with van der Waals surface area (Å²) < 4.78 is 9.13. The summed E-state index contributed by atoms with van der Waals surface area (Å²) in [5.74, 6) is 0.889. The number of para-hydroxylation sites is 1. The lowest BCUT2D eigenvalue weighted by molar-refractivity contribution is 0.408. The number of hydrogen-bond acceptors (Lipinski definition) is 5. The maximum Gasteiger partial charge on any atom is 0.130 e. The van der Waals surface area contributed by atoms with Gasteiger partial charge in [-0.3, -0.25) is 0 Å². The molecule has 1 unspecified atom stereocenters. The fourth-order valence-corrected chi connectivity index (χ4v) is 2.05. The van der Waals surface area contributed by atoms with Gasteiger partial charge in [-0.15, -0.1) is 5.10 Å². The van der Waals surface area contributed by atoms with Crippen LogP contribution in [-0.4, -0.2) is 16.7 Å². The van der Waals surface area contributed by atoms with Crippen molar-refractivity contribution >= 4 is 16.5 Å². The maximum absolute atomic E-state index is 5.32. The smallest absolute Gasteiger partial charge is 0.130 e. The number of nitrogens with zero attached hydrogens (tertiary/aromatic N) is 2. The summed E-state index contributed by atoms with van der Waals surface area (Å²) in [6.07, 6.45) is 1.72. The Bertz CT molecular complexity index is 444. The van der Waals surface area contributed by atoms with E-state index in [1.165, 1.54) is 11.5 Å². The van der Waals surface area contributed by atoms with Crippen LogP contribution >= 0.6 is 11.5 Å². The highest BCUT2D eigenvalue weighted by molar-refractivity contribution is 7.09. The molecular weight excluding hydrogens is 222 g/mol. The quantitative estimate of drug-likeness (QED) is 0.885. The van der Waals surface area contributed by atoms with Crippen molar-refractivity contribution in [2.24, 2.45) is 0 Å². The lowest BCUT2D eigenvalue weighted by Gasteiger charge is -2.16. The lowest BCUT2D eigenvalue weighted by Crippen LogP contribution is -2.06. The molecule has 1 aromatic heterocycles. The molecule has 0 amide bonds. The van der Waals surface area contributed by atoms with Gasteiger partial charge < -0.3 is 10.1 Å². The second-order valence-electron chi connectivity index (χ2n) is 3.39. The van der Waals surface area contributed by atoms with Crippen LogP contribution in [0.15, 0.2) is 30.5 Å². The largest absolute Gasteiger partial charge is 0.496 e. The molecule has 0 aliphatic carbocycles. The SMILES string of the molecule is COc1ccccc1C(C)Nc1cnns1. The molecule has 0 fully saturated rings. The molecule has 1 heterocycles. The predicted octanol–water partition coefficient (Wildman–Crippen LogP) is 2.72. The standard InChI is InChI=1S/C11H13N3OS/c1-8(13-11-7-12-14-16-11)9-5-3-4-6-10(9)15-2/h3-8,13H,1-2H3. The predicted molar refractivity (Wildman–Crippen MR) is 64.9 cm³/mol. The molecule has 16 heavy (non-hydrogen) atoms. The van der Waals surface area contributed by atoms with Crippen molar-refractivity contribution in [3.63, 3.8) is 0 Å². The molecule has 0 saturated carbocycles. The van der Waals surface area contributed by atoms with E-state index in [0.717, 1.165) is 16.3 Å². The van der Waals surface area contributed by atoms with E-state index in [-0.39, 0.29) is 6.04 Å². The molecule has 0 radical (unpaired) electrons. The summed E-state index contributed by atoms with van der Waals surface area (Å²) in [5, 5.41) is 8.07. The number of hydrogen-bond donors (Lipinski definition) is 1. The van der Waals surface area contributed by atoms with Gasteiger partial charge in [0.2, 0.25) is 0 Å². The van der Waals surface area contributed by atoms with Crippen LogP contribution in [0.3, 0.4) is 0 Å². The molecule has 1 N–H and O–H groups in total. The second-order valence-corrected chi connectivity index (χ2v) is 4.18. The first-order valence-electron chi connectivity index (χ1n) is 4.98. The summed E-state index contributed by atoms with van der Waals surface area (Å²) >= 11 is 1.35. The zero-order chi connectivity index (χ0) is 11.4. The van der Waals surface area contributed by atoms with Crippen molar-refractivity contribution in [2.45, 2.75) is 13.0 Å². The average molecular weight is 235 g/mol. The summed E-state index contributed by atoms with van der Waals surface area (Å²) in [5.41, 5.74) is 1.12. The van der Waals surface area contributed by atoms with Crippen LogP contribution in [0.5, 0.6) is 5.75 Å². The summed E-state index contributed by atoms with van der Waals surface area (Å²) in [7, 11) is 1.68. The Morgan fingerprint density at radius 3 is 2.88 bits per heavy atom. The average Bonchev–Trinajstić information content (AvgIpc) is 2.81. The minimum absolute atomic E-state index is 0.165. The van der Waals surface area contributed by atoms with Gasteiger partial charge in [0.25, 0.3) is 0 Å². The third-order valence-corrected chi connectivity index (χ3v) is 2.92. The highest BCUT2D eigenvalue weighted by Crippen LogP contribution is 2.27. The number of nitrogens with one attached hydrogen (secondary N) is 1. The molecule has 1 aromatic carbocycles. The third-order valence-electron chi connectivity index (χ3n) is 2.33. The van der Waals surface area contributed by atoms with Crippen LogP contribution in [0.4, 0.5) is 5.00 Å². The minimum Gasteiger partial charge on any atom is -0.496 e. The highest BCUT2D eigenvalue weighted by Gasteiger charge is 2.11. The molecule has 84 valence electrons. The number of anilines is 1. The first kappa shape index (κ1) is 10.9. The Morgan fingerprint density at radius 1 is 1.38 bits per heavy atom. The van der Waals surface area contributed by atoms with Crippen molar-refractivity contribution in [3.05, 3.63) is 36.0 Å². The zero-order valence-corrected chi connectivity index (χ0v) is 9.99. The molecule has 0 saturated heterocycles. The molecule has 0 aliphatic rings. The fraction of sp³-hybridized carbons (Fsp3) is 0.273. The number of methoxy groups -OCH3 is 1. The van der Waals surface area contributed by atoms with E-state index in [0.29, 0.717) is 0 Å². The maximum atomic E-state index is 5.32. The van der Waals surface area contributed by atoms with Gasteiger partial charge >= 0.3 is 0 Å². The van der Waals surface area contributed by atoms with Crippen LogP contribution in [0, 0.1) is 0 Å². The monoisotopic (exact) mass is 235 g/mol. The van der Waals surface area contributed by atoms with Gasteiger partial charge in [0.15, 0.2) is 0 Å². The Hall–Kier alpha value is -1.62. The Labute approximate surface area is 98.4 Å². The van der Waals surface area contributed by atoms with E-state index in [2.05, 4.69) is 21.8 Å². The summed E-state index contributed by atoms with van der Waals surface area (Å²) in [6, 6.07) is 8.13. The first-order chi connectivity index (χ1) is 7.81. The van der Waals surface area contributed by atoms with Gasteiger partial charge in [-0.1, -0.05) is 22.7 Å². The van der Waals surface area contributed by atoms with Gasteiger partial charge in [-0.05, 0) is 13.0 Å². The van der Waals surface area contributed by atoms with Gasteiger partial charge in [-0.2, -0.15) is 0 Å². The van der Waals surface area contributed by atoms with Crippen molar-refractivity contribution in [1.82, 2.24) is 9.59 Å². The van der Waals surface area contributed by atoms with Crippen LogP contribution in [0.25, 0.3) is 0 Å². The minimum atomic E-state index is 0.165. The van der Waals surface area contributed by atoms with Crippen molar-refractivity contribution in [1.29, 1.82) is 0 Å². The van der Waals surface area contributed by atoms with Gasteiger partial charge in [0.1, 0.15) is 10.8 Å². The molecule has 0 spiro atoms. The molecule has 2 rings (SSSR count). The van der Waals surface area contributed by atoms with Crippen LogP contribution in [0.1, 0.15) is 18.5 Å². The van der Waals surface area contributed by atoms with Crippen molar-refractivity contribution in [3.8, 4) is 5.75 Å². The number of benzene rings is 1. The third kappa shape index (κ3) is 2.30. The van der Waals surface area contributed by atoms with Gasteiger partial charge in [0, 0.05) is 17.1 Å². The number of rotatable bonds is 4. The summed E-state index contributed by atoms with van der Waals surface area (Å²) in [4.78, 5) is 0. The highest BCUT2D eigenvalue weighted by atomic mass is 32.1. The van der Waals surface area contributed by atoms with E-state index < -0.39 is 0 Å². The van der Waals surface area contributed by atoms with E-state index in [1.54, 1.807) is 13.3 Å². The molecule has 4 nitrogen and oxygen atoms in total. The van der Waals surface area contributed by atoms with E-state index in [9.17, 15) is 0 Å². The number of ether oxygens (including phenoxy) is 1. The van der Waals surface area contributed by atoms with E-state index in [1.807, 2.05) is 24.3 Å². The topological polar surface area (TPSA) is 47.0 Å². The van der Waals surface area contributed by atoms with Crippen LogP contribution in [-0.2, 0) is 0 Å². The Kier molecular flexibility index (Phi) is 3.36. The van der Waals surface area contributed by atoms with Crippen LogP contribution in [0.2, 0.25) is 0 Å². The molecule has 5 heteroatoms. The second kappa shape index (κ2) is 4.94. The number of aromatic nitrogens is 2. The van der Waals surface area contributed by atoms with E-state index in [4.69, 9.17) is 4.74 Å². The molecular formula is C11H13N3OS. The normalized spacial score (nSPS) is 12.1. The molecule has 0 aliphatic heterocycles. The molecule has 1 atom stereocenters. The van der Waals surface area contributed by atoms with Crippen molar-refractivity contribution in [2.75, 3.05) is 12.4 Å². The summed E-state index contributed by atoms with van der Waals surface area (Å²) in [6.45, 7) is 2.08. The van der Waals surface area contributed by atoms with Gasteiger partial charge in [-0.25, -0.2) is 0 Å². The first-order valence-corrected chi connectivity index (χ1v) is 5.75. The van der Waals surface area contributed by atoms with E-state index >= 15 is 0 Å². The molecule has 0 bridgehead atoms. The lowest BCUT2D eigenvalue weighted by atomic mass is 10.1. The Balaban J connectivity index is 2.17. The van der Waals surface area contributed by atoms with Crippen LogP contribution < -0.4 is 10.1 Å². The fourth-order valence-electron chi connectivity index (χ4n) is 1.55. The zero-order valence-electron chi connectivity index (χ0n) is 9.18. The molecule has 2 aromatic rings. The Morgan fingerprint density at radius 2 is 2.19 bits per heavy atom.